The molecule has 0 atom stereocenters. The number of rotatable bonds is 5. The Morgan fingerprint density at radius 1 is 1.23 bits per heavy atom. The van der Waals surface area contributed by atoms with Crippen molar-refractivity contribution in [3.63, 3.8) is 0 Å². The summed E-state index contributed by atoms with van der Waals surface area (Å²) in [4.78, 5) is 12.2. The van der Waals surface area contributed by atoms with Crippen molar-refractivity contribution in [1.29, 1.82) is 0 Å². The maximum atomic E-state index is 12.2. The maximum Gasteiger partial charge on any atom is 0.257 e. The molecule has 0 fully saturated rings. The molecule has 0 aromatic heterocycles. The van der Waals surface area contributed by atoms with Crippen LogP contribution in [-0.4, -0.2) is 24.6 Å². The number of nitrogens with one attached hydrogen (secondary N) is 3. The highest BCUT2D eigenvalue weighted by Gasteiger charge is 2.11. The Kier molecular flexibility index (Phi) is 6.27. The van der Waals surface area contributed by atoms with Crippen LogP contribution < -0.4 is 21.3 Å². The van der Waals surface area contributed by atoms with Gasteiger partial charge in [0.05, 0.1) is 10.6 Å². The highest BCUT2D eigenvalue weighted by Crippen LogP contribution is 2.16. The van der Waals surface area contributed by atoms with Gasteiger partial charge in [0.25, 0.3) is 5.91 Å². The van der Waals surface area contributed by atoms with Crippen molar-refractivity contribution >= 4 is 38.9 Å². The molecule has 10 heteroatoms. The van der Waals surface area contributed by atoms with E-state index in [1.807, 2.05) is 5.48 Å². The largest absolute Gasteiger partial charge is 0.358 e. The highest BCUT2D eigenvalue weighted by molar-refractivity contribution is 7.89. The number of primary sulfonamides is 1. The normalized spacial score (nSPS) is 10.9. The smallest absolute Gasteiger partial charge is 0.257 e. The van der Waals surface area contributed by atoms with E-state index in [0.717, 1.165) is 5.56 Å². The number of amides is 1. The molecule has 0 unspecified atom stereocenters. The third-order valence-electron chi connectivity index (χ3n) is 3.53. The molecule has 26 heavy (non-hydrogen) atoms. The van der Waals surface area contributed by atoms with Gasteiger partial charge in [-0.25, -0.2) is 13.6 Å². The van der Waals surface area contributed by atoms with E-state index in [1.165, 1.54) is 18.2 Å². The molecule has 0 spiro atoms. The molecular weight excluding hydrogens is 376 g/mol. The summed E-state index contributed by atoms with van der Waals surface area (Å²) in [6.45, 7) is 1.99. The fraction of sp³-hybridized carbons (Fsp3) is 0.125. The molecular formula is C16H18N4O4S2. The molecule has 0 saturated heterocycles. The van der Waals surface area contributed by atoms with Crippen molar-refractivity contribution in [2.24, 2.45) is 5.14 Å². The van der Waals surface area contributed by atoms with Gasteiger partial charge < -0.3 is 5.32 Å². The number of carbonyl (C=O) groups excluding carboxylic acids is 1. The molecule has 0 aliphatic heterocycles. The van der Waals surface area contributed by atoms with Crippen LogP contribution in [0, 0.1) is 6.92 Å². The Morgan fingerprint density at radius 3 is 2.62 bits per heavy atom. The van der Waals surface area contributed by atoms with Gasteiger partial charge in [0, 0.05) is 12.1 Å². The maximum absolute atomic E-state index is 12.2. The van der Waals surface area contributed by atoms with Crippen LogP contribution in [0.4, 0.5) is 5.69 Å². The first-order chi connectivity index (χ1) is 12.2. The molecule has 2 rings (SSSR count). The minimum absolute atomic E-state index is 0.00422. The van der Waals surface area contributed by atoms with E-state index in [9.17, 15) is 13.2 Å². The van der Waals surface area contributed by atoms with Crippen molar-refractivity contribution in [3.05, 3.63) is 59.2 Å². The summed E-state index contributed by atoms with van der Waals surface area (Å²) < 4.78 is 22.7. The van der Waals surface area contributed by atoms with Gasteiger partial charge in [0.15, 0.2) is 5.11 Å². The van der Waals surface area contributed by atoms with E-state index >= 15 is 0 Å². The first kappa shape index (κ1) is 19.8. The first-order valence-electron chi connectivity index (χ1n) is 7.42. The number of carbonyl (C=O) groups is 1. The zero-order valence-corrected chi connectivity index (χ0v) is 15.4. The zero-order valence-electron chi connectivity index (χ0n) is 13.8. The van der Waals surface area contributed by atoms with Crippen molar-refractivity contribution < 1.29 is 18.4 Å². The average Bonchev–Trinajstić information content (AvgIpc) is 2.60. The SMILES string of the molecule is Cc1ccc(C(=O)NC(=S)NCc2cccc(S(N)(=O)=O)c2)cc1NO. The summed E-state index contributed by atoms with van der Waals surface area (Å²) in [7, 11) is -3.79. The fourth-order valence-corrected chi connectivity index (χ4v) is 2.87. The van der Waals surface area contributed by atoms with Crippen LogP contribution in [0.2, 0.25) is 0 Å². The van der Waals surface area contributed by atoms with E-state index < -0.39 is 15.9 Å². The van der Waals surface area contributed by atoms with Crippen molar-refractivity contribution in [2.45, 2.75) is 18.4 Å². The number of hydrogen-bond donors (Lipinski definition) is 5. The topological polar surface area (TPSA) is 134 Å². The predicted octanol–water partition coefficient (Wildman–Crippen LogP) is 1.25. The molecule has 0 radical (unpaired) electrons. The Bertz CT molecular complexity index is 945. The fourth-order valence-electron chi connectivity index (χ4n) is 2.12. The van der Waals surface area contributed by atoms with Gasteiger partial charge in [-0.15, -0.1) is 0 Å². The Labute approximate surface area is 156 Å². The van der Waals surface area contributed by atoms with Gasteiger partial charge >= 0.3 is 0 Å². The lowest BCUT2D eigenvalue weighted by Crippen LogP contribution is -2.38. The van der Waals surface area contributed by atoms with Crippen LogP contribution in [0.5, 0.6) is 0 Å². The lowest BCUT2D eigenvalue weighted by Gasteiger charge is -2.11. The van der Waals surface area contributed by atoms with E-state index in [4.69, 9.17) is 22.6 Å². The summed E-state index contributed by atoms with van der Waals surface area (Å²) in [5.74, 6) is -0.447. The Morgan fingerprint density at radius 2 is 1.96 bits per heavy atom. The molecule has 0 heterocycles. The Balaban J connectivity index is 1.98. The number of nitrogens with two attached hydrogens (primary N) is 1. The summed E-state index contributed by atoms with van der Waals surface area (Å²) in [5.41, 5.74) is 4.16. The monoisotopic (exact) mass is 394 g/mol. The zero-order chi connectivity index (χ0) is 19.3. The molecule has 1 amide bonds. The number of anilines is 1. The van der Waals surface area contributed by atoms with Gasteiger partial charge in [0.1, 0.15) is 0 Å². The molecule has 2 aromatic rings. The lowest BCUT2D eigenvalue weighted by molar-refractivity contribution is 0.0976. The molecule has 0 bridgehead atoms. The molecule has 138 valence electrons. The van der Waals surface area contributed by atoms with Crippen molar-refractivity contribution in [1.82, 2.24) is 10.6 Å². The second-order valence-electron chi connectivity index (χ2n) is 5.47. The second-order valence-corrected chi connectivity index (χ2v) is 7.44. The van der Waals surface area contributed by atoms with E-state index in [-0.39, 0.29) is 16.6 Å². The predicted molar refractivity (Wildman–Crippen MR) is 101 cm³/mol. The second kappa shape index (κ2) is 8.23. The van der Waals surface area contributed by atoms with Gasteiger partial charge in [0.2, 0.25) is 10.0 Å². The number of sulfonamides is 1. The number of hydrogen-bond acceptors (Lipinski definition) is 6. The number of thiocarbonyl (C=S) groups is 1. The number of aryl methyl sites for hydroxylation is 1. The summed E-state index contributed by atoms with van der Waals surface area (Å²) >= 11 is 5.07. The lowest BCUT2D eigenvalue weighted by atomic mass is 10.1. The highest BCUT2D eigenvalue weighted by atomic mass is 32.2. The van der Waals surface area contributed by atoms with Gasteiger partial charge in [-0.05, 0) is 54.5 Å². The van der Waals surface area contributed by atoms with Crippen LogP contribution in [0.15, 0.2) is 47.4 Å². The third kappa shape index (κ3) is 5.23. The van der Waals surface area contributed by atoms with Gasteiger partial charge in [-0.3, -0.25) is 20.8 Å². The van der Waals surface area contributed by atoms with Crippen LogP contribution >= 0.6 is 12.2 Å². The van der Waals surface area contributed by atoms with E-state index in [0.29, 0.717) is 16.8 Å². The minimum Gasteiger partial charge on any atom is -0.358 e. The van der Waals surface area contributed by atoms with Crippen molar-refractivity contribution in [2.75, 3.05) is 5.48 Å². The molecule has 0 saturated carbocycles. The van der Waals surface area contributed by atoms with Gasteiger partial charge in [-0.1, -0.05) is 18.2 Å². The molecule has 2 aromatic carbocycles. The van der Waals surface area contributed by atoms with E-state index in [1.54, 1.807) is 31.2 Å². The molecule has 0 aliphatic carbocycles. The molecule has 6 N–H and O–H groups in total. The molecule has 8 nitrogen and oxygen atoms in total. The number of benzene rings is 2. The molecule has 0 aliphatic rings. The third-order valence-corrected chi connectivity index (χ3v) is 4.68. The minimum atomic E-state index is -3.79. The van der Waals surface area contributed by atoms with Crippen molar-refractivity contribution in [3.8, 4) is 0 Å². The average molecular weight is 394 g/mol. The van der Waals surface area contributed by atoms with Crippen LogP contribution in [0.3, 0.4) is 0 Å². The summed E-state index contributed by atoms with van der Waals surface area (Å²) in [6, 6.07) is 10.9. The Hall–Kier alpha value is -2.53. The van der Waals surface area contributed by atoms with Crippen LogP contribution in [0.25, 0.3) is 0 Å². The standard InChI is InChI=1S/C16H18N4O4S2/c1-10-5-6-12(8-14(10)20-22)15(21)19-16(25)18-9-11-3-2-4-13(7-11)26(17,23)24/h2-8,20,22H,9H2,1H3,(H2,17,23,24)(H2,18,19,21,25). The van der Waals surface area contributed by atoms with Gasteiger partial charge in [-0.2, -0.15) is 0 Å². The first-order valence-corrected chi connectivity index (χ1v) is 9.38. The van der Waals surface area contributed by atoms with E-state index in [2.05, 4.69) is 10.6 Å². The van der Waals surface area contributed by atoms with Crippen LogP contribution in [-0.2, 0) is 16.6 Å². The van der Waals surface area contributed by atoms with Crippen LogP contribution in [0.1, 0.15) is 21.5 Å². The quantitative estimate of drug-likeness (QED) is 0.381. The summed E-state index contributed by atoms with van der Waals surface area (Å²) in [6.07, 6.45) is 0. The summed E-state index contributed by atoms with van der Waals surface area (Å²) in [5, 5.41) is 19.5.